The first kappa shape index (κ1) is 16.9. The van der Waals surface area contributed by atoms with Crippen molar-refractivity contribution in [3.8, 4) is 0 Å². The van der Waals surface area contributed by atoms with Gasteiger partial charge < -0.3 is 10.4 Å². The summed E-state index contributed by atoms with van der Waals surface area (Å²) >= 11 is 0. The molecule has 1 aromatic rings. The van der Waals surface area contributed by atoms with Gasteiger partial charge in [0, 0.05) is 32.9 Å². The van der Waals surface area contributed by atoms with Crippen LogP contribution in [0.4, 0.5) is 5.69 Å². The summed E-state index contributed by atoms with van der Waals surface area (Å²) < 4.78 is 25.0. The minimum Gasteiger partial charge on any atom is -0.396 e. The highest BCUT2D eigenvalue weighted by Crippen LogP contribution is 2.22. The van der Waals surface area contributed by atoms with Gasteiger partial charge in [0.25, 0.3) is 0 Å². The smallest absolute Gasteiger partial charge is 0.242 e. The number of aliphatic hydroxyl groups is 1. The van der Waals surface area contributed by atoms with Gasteiger partial charge in [0.15, 0.2) is 0 Å². The lowest BCUT2D eigenvalue weighted by Gasteiger charge is -2.24. The molecular weight excluding hydrogens is 276 g/mol. The van der Waals surface area contributed by atoms with Crippen LogP contribution in [0.5, 0.6) is 0 Å². The third-order valence-corrected chi connectivity index (χ3v) is 5.02. The number of anilines is 1. The Bertz CT molecular complexity index is 522. The van der Waals surface area contributed by atoms with Gasteiger partial charge in [-0.15, -0.1) is 0 Å². The molecule has 0 unspecified atom stereocenters. The number of hydrogen-bond acceptors (Lipinski definition) is 4. The number of rotatable bonds is 7. The number of hydrogen-bond donors (Lipinski definition) is 2. The molecule has 20 heavy (non-hydrogen) atoms. The second-order valence-electron chi connectivity index (χ2n) is 5.80. The summed E-state index contributed by atoms with van der Waals surface area (Å²) in [4.78, 5) is 0.280. The molecule has 5 nitrogen and oxygen atoms in total. The number of benzene rings is 1. The van der Waals surface area contributed by atoms with E-state index in [2.05, 4.69) is 19.2 Å². The van der Waals surface area contributed by atoms with Crippen LogP contribution in [0, 0.1) is 5.41 Å². The van der Waals surface area contributed by atoms with Crippen molar-refractivity contribution in [3.63, 3.8) is 0 Å². The van der Waals surface area contributed by atoms with E-state index in [-0.39, 0.29) is 16.9 Å². The molecule has 0 saturated heterocycles. The minimum atomic E-state index is -3.37. The van der Waals surface area contributed by atoms with E-state index in [1.807, 2.05) is 0 Å². The highest BCUT2D eigenvalue weighted by Gasteiger charge is 2.18. The van der Waals surface area contributed by atoms with Crippen LogP contribution in [0.25, 0.3) is 0 Å². The lowest BCUT2D eigenvalue weighted by atomic mass is 9.90. The molecule has 0 heterocycles. The van der Waals surface area contributed by atoms with E-state index in [1.165, 1.54) is 18.4 Å². The van der Waals surface area contributed by atoms with Gasteiger partial charge in [-0.1, -0.05) is 13.8 Å². The fourth-order valence-corrected chi connectivity index (χ4v) is 2.59. The van der Waals surface area contributed by atoms with E-state index < -0.39 is 10.0 Å². The Morgan fingerprint density at radius 1 is 1.20 bits per heavy atom. The Kier molecular flexibility index (Phi) is 5.56. The summed E-state index contributed by atoms with van der Waals surface area (Å²) in [6.45, 7) is 5.02. The predicted octanol–water partition coefficient (Wildman–Crippen LogP) is 1.76. The predicted molar refractivity (Wildman–Crippen MR) is 81.3 cm³/mol. The molecule has 0 amide bonds. The second kappa shape index (κ2) is 6.56. The maximum absolute atomic E-state index is 11.9. The molecule has 1 rings (SSSR count). The molecule has 0 bridgehead atoms. The topological polar surface area (TPSA) is 69.6 Å². The quantitative estimate of drug-likeness (QED) is 0.805. The van der Waals surface area contributed by atoms with Crippen LogP contribution in [-0.2, 0) is 10.0 Å². The molecule has 0 atom stereocenters. The van der Waals surface area contributed by atoms with Gasteiger partial charge in [-0.3, -0.25) is 0 Å². The van der Waals surface area contributed by atoms with Crippen molar-refractivity contribution in [3.05, 3.63) is 24.3 Å². The molecule has 1 aromatic carbocycles. The molecule has 114 valence electrons. The Morgan fingerprint density at radius 2 is 1.75 bits per heavy atom. The Hall–Kier alpha value is -1.11. The van der Waals surface area contributed by atoms with Crippen molar-refractivity contribution in [2.45, 2.75) is 25.2 Å². The third kappa shape index (κ3) is 4.47. The Morgan fingerprint density at radius 3 is 2.20 bits per heavy atom. The van der Waals surface area contributed by atoms with Crippen LogP contribution in [-0.4, -0.2) is 45.1 Å². The fourth-order valence-electron chi connectivity index (χ4n) is 1.69. The van der Waals surface area contributed by atoms with Crippen LogP contribution in [0.3, 0.4) is 0 Å². The molecule has 0 aliphatic carbocycles. The Balaban J connectivity index is 2.74. The molecular formula is C14H24N2O3S. The summed E-state index contributed by atoms with van der Waals surface area (Å²) in [7, 11) is -0.348. The van der Waals surface area contributed by atoms with Gasteiger partial charge in [0.05, 0.1) is 4.90 Å². The van der Waals surface area contributed by atoms with Crippen molar-refractivity contribution in [2.75, 3.05) is 32.6 Å². The van der Waals surface area contributed by atoms with Crippen molar-refractivity contribution >= 4 is 15.7 Å². The first-order chi connectivity index (χ1) is 9.19. The van der Waals surface area contributed by atoms with Gasteiger partial charge in [-0.25, -0.2) is 12.7 Å². The molecule has 6 heteroatoms. The van der Waals surface area contributed by atoms with Crippen molar-refractivity contribution in [1.29, 1.82) is 0 Å². The zero-order valence-electron chi connectivity index (χ0n) is 12.5. The third-order valence-electron chi connectivity index (χ3n) is 3.19. The maximum atomic E-state index is 11.9. The number of sulfonamides is 1. The van der Waals surface area contributed by atoms with Crippen LogP contribution in [0.2, 0.25) is 0 Å². The molecule has 0 radical (unpaired) electrons. The van der Waals surface area contributed by atoms with Gasteiger partial charge >= 0.3 is 0 Å². The molecule has 0 aliphatic heterocycles. The summed E-state index contributed by atoms with van der Waals surface area (Å²) in [6.07, 6.45) is 0.715. The number of aliphatic hydroxyl groups excluding tert-OH is 1. The summed E-state index contributed by atoms with van der Waals surface area (Å²) in [6, 6.07) is 6.70. The van der Waals surface area contributed by atoms with Crippen LogP contribution < -0.4 is 5.32 Å². The second-order valence-corrected chi connectivity index (χ2v) is 7.96. The van der Waals surface area contributed by atoms with E-state index in [1.54, 1.807) is 24.3 Å². The van der Waals surface area contributed by atoms with E-state index >= 15 is 0 Å². The summed E-state index contributed by atoms with van der Waals surface area (Å²) in [5.74, 6) is 0. The van der Waals surface area contributed by atoms with Crippen molar-refractivity contribution in [1.82, 2.24) is 4.31 Å². The normalized spacial score (nSPS) is 12.7. The standard InChI is InChI=1S/C14H24N2O3S/c1-14(2,9-10-17)11-15-12-5-7-13(8-6-12)20(18,19)16(3)4/h5-8,15,17H,9-11H2,1-4H3. The van der Waals surface area contributed by atoms with E-state index in [0.29, 0.717) is 13.0 Å². The van der Waals surface area contributed by atoms with E-state index in [4.69, 9.17) is 5.11 Å². The summed E-state index contributed by atoms with van der Waals surface area (Å²) in [5.41, 5.74) is 0.858. The van der Waals surface area contributed by atoms with Crippen LogP contribution >= 0.6 is 0 Å². The lowest BCUT2D eigenvalue weighted by molar-refractivity contribution is 0.220. The minimum absolute atomic E-state index is 0.0108. The molecule has 0 spiro atoms. The Labute approximate surface area is 121 Å². The molecule has 2 N–H and O–H groups in total. The highest BCUT2D eigenvalue weighted by molar-refractivity contribution is 7.89. The lowest BCUT2D eigenvalue weighted by Crippen LogP contribution is -2.24. The molecule has 0 fully saturated rings. The largest absolute Gasteiger partial charge is 0.396 e. The van der Waals surface area contributed by atoms with Gasteiger partial charge in [-0.05, 0) is 36.1 Å². The monoisotopic (exact) mass is 300 g/mol. The average Bonchev–Trinajstić information content (AvgIpc) is 2.37. The first-order valence-electron chi connectivity index (χ1n) is 6.56. The van der Waals surface area contributed by atoms with Crippen LogP contribution in [0.15, 0.2) is 29.2 Å². The zero-order valence-corrected chi connectivity index (χ0v) is 13.4. The summed E-state index contributed by atoms with van der Waals surface area (Å²) in [5, 5.41) is 12.2. The van der Waals surface area contributed by atoms with Crippen molar-refractivity contribution < 1.29 is 13.5 Å². The highest BCUT2D eigenvalue weighted by atomic mass is 32.2. The number of nitrogens with zero attached hydrogens (tertiary/aromatic N) is 1. The molecule has 0 saturated carbocycles. The first-order valence-corrected chi connectivity index (χ1v) is 8.00. The van der Waals surface area contributed by atoms with Gasteiger partial charge in [0.1, 0.15) is 0 Å². The SMILES string of the molecule is CN(C)S(=O)(=O)c1ccc(NCC(C)(C)CCO)cc1. The molecule has 0 aliphatic rings. The van der Waals surface area contributed by atoms with E-state index in [9.17, 15) is 8.42 Å². The zero-order chi connectivity index (χ0) is 15.4. The molecule has 0 aromatic heterocycles. The van der Waals surface area contributed by atoms with Gasteiger partial charge in [-0.2, -0.15) is 0 Å². The van der Waals surface area contributed by atoms with Crippen molar-refractivity contribution in [2.24, 2.45) is 5.41 Å². The maximum Gasteiger partial charge on any atom is 0.242 e. The fraction of sp³-hybridized carbons (Fsp3) is 0.571. The van der Waals surface area contributed by atoms with Crippen LogP contribution in [0.1, 0.15) is 20.3 Å². The number of nitrogens with one attached hydrogen (secondary N) is 1. The average molecular weight is 300 g/mol. The van der Waals surface area contributed by atoms with E-state index in [0.717, 1.165) is 5.69 Å². The van der Waals surface area contributed by atoms with Gasteiger partial charge in [0.2, 0.25) is 10.0 Å².